The van der Waals surface area contributed by atoms with Crippen molar-refractivity contribution in [1.82, 2.24) is 0 Å². The molecular weight excluding hydrogens is 237 g/mol. The van der Waals surface area contributed by atoms with Gasteiger partial charge in [0.25, 0.3) is 0 Å². The minimum Gasteiger partial charge on any atom is -0.480 e. The molecule has 0 spiro atoms. The Morgan fingerprint density at radius 3 is 2.83 bits per heavy atom. The van der Waals surface area contributed by atoms with Crippen LogP contribution in [-0.4, -0.2) is 29.7 Å². The highest BCUT2D eigenvalue weighted by Crippen LogP contribution is 2.26. The van der Waals surface area contributed by atoms with Gasteiger partial charge in [-0.1, -0.05) is 0 Å². The van der Waals surface area contributed by atoms with Crippen LogP contribution in [0.1, 0.15) is 12.0 Å². The number of halogens is 1. The molecule has 3 N–H and O–H groups in total. The molecule has 5 nitrogen and oxygen atoms in total. The Balaban J connectivity index is 2.27. The third-order valence-corrected chi connectivity index (χ3v) is 3.10. The monoisotopic (exact) mass is 249 g/mol. The zero-order chi connectivity index (χ0) is 13.3. The number of carbonyl (C=O) groups is 1. The van der Waals surface area contributed by atoms with Gasteiger partial charge in [-0.2, -0.15) is 5.26 Å². The van der Waals surface area contributed by atoms with Crippen LogP contribution < -0.4 is 10.6 Å². The summed E-state index contributed by atoms with van der Waals surface area (Å²) in [5.74, 6) is -1.59. The van der Waals surface area contributed by atoms with Crippen LogP contribution in [0.15, 0.2) is 18.2 Å². The number of nitriles is 1. The minimum atomic E-state index is -1.31. The highest BCUT2D eigenvalue weighted by molar-refractivity contribution is 5.80. The molecule has 0 aromatic heterocycles. The molecule has 1 aliphatic rings. The Labute approximate surface area is 103 Å². The topological polar surface area (TPSA) is 90.4 Å². The molecule has 2 rings (SSSR count). The smallest absolute Gasteiger partial charge is 0.325 e. The number of carboxylic acids is 1. The van der Waals surface area contributed by atoms with E-state index < -0.39 is 17.3 Å². The number of carboxylic acid groups (broad SMARTS) is 1. The predicted octanol–water partition coefficient (Wildman–Crippen LogP) is 0.690. The molecule has 6 heteroatoms. The number of anilines is 1. The Morgan fingerprint density at radius 1 is 1.56 bits per heavy atom. The van der Waals surface area contributed by atoms with Crippen LogP contribution in [-0.2, 0) is 4.79 Å². The maximum Gasteiger partial charge on any atom is 0.325 e. The fourth-order valence-corrected chi connectivity index (χ4v) is 2.05. The molecule has 0 bridgehead atoms. The second kappa shape index (κ2) is 4.27. The molecule has 0 aliphatic carbocycles. The number of hydrogen-bond donors (Lipinski definition) is 2. The average molecular weight is 249 g/mol. The molecule has 1 saturated heterocycles. The molecule has 18 heavy (non-hydrogen) atoms. The van der Waals surface area contributed by atoms with Gasteiger partial charge >= 0.3 is 5.97 Å². The highest BCUT2D eigenvalue weighted by Gasteiger charge is 2.41. The summed E-state index contributed by atoms with van der Waals surface area (Å²) in [5.41, 5.74) is 5.12. The Hall–Kier alpha value is -2.13. The first-order valence-electron chi connectivity index (χ1n) is 5.42. The zero-order valence-electron chi connectivity index (χ0n) is 9.56. The molecule has 94 valence electrons. The van der Waals surface area contributed by atoms with E-state index in [0.29, 0.717) is 18.7 Å². The van der Waals surface area contributed by atoms with Crippen molar-refractivity contribution in [2.45, 2.75) is 12.0 Å². The molecule has 1 unspecified atom stereocenters. The van der Waals surface area contributed by atoms with E-state index in [2.05, 4.69) is 0 Å². The number of nitrogens with zero attached hydrogens (tertiary/aromatic N) is 2. The van der Waals surface area contributed by atoms with Crippen molar-refractivity contribution in [3.05, 3.63) is 29.6 Å². The minimum absolute atomic E-state index is 0.108. The number of nitrogens with two attached hydrogens (primary N) is 1. The van der Waals surface area contributed by atoms with E-state index in [1.807, 2.05) is 6.07 Å². The van der Waals surface area contributed by atoms with Gasteiger partial charge in [0, 0.05) is 18.8 Å². The van der Waals surface area contributed by atoms with Crippen LogP contribution in [0.25, 0.3) is 0 Å². The Kier molecular flexibility index (Phi) is 2.93. The largest absolute Gasteiger partial charge is 0.480 e. The van der Waals surface area contributed by atoms with Crippen molar-refractivity contribution >= 4 is 11.7 Å². The van der Waals surface area contributed by atoms with E-state index in [1.54, 1.807) is 4.90 Å². The molecule has 1 atom stereocenters. The predicted molar refractivity (Wildman–Crippen MR) is 62.5 cm³/mol. The zero-order valence-corrected chi connectivity index (χ0v) is 9.56. The van der Waals surface area contributed by atoms with Crippen molar-refractivity contribution in [2.24, 2.45) is 5.73 Å². The van der Waals surface area contributed by atoms with Crippen LogP contribution in [0.3, 0.4) is 0 Å². The van der Waals surface area contributed by atoms with Gasteiger partial charge in [-0.05, 0) is 24.6 Å². The molecule has 1 fully saturated rings. The van der Waals surface area contributed by atoms with E-state index in [-0.39, 0.29) is 12.1 Å². The number of benzene rings is 1. The summed E-state index contributed by atoms with van der Waals surface area (Å²) in [6, 6.07) is 5.79. The van der Waals surface area contributed by atoms with Gasteiger partial charge in [0.2, 0.25) is 0 Å². The first-order valence-corrected chi connectivity index (χ1v) is 5.42. The summed E-state index contributed by atoms with van der Waals surface area (Å²) in [6.07, 6.45) is 0.292. The number of hydrogen-bond acceptors (Lipinski definition) is 4. The summed E-state index contributed by atoms with van der Waals surface area (Å²) in [7, 11) is 0. The molecular formula is C12H12FN3O2. The standard InChI is InChI=1S/C12H12FN3O2/c13-9-3-8(6-14)4-10(5-9)16-2-1-12(15,7-16)11(17)18/h3-5H,1-2,7,15H2,(H,17,18). The van der Waals surface area contributed by atoms with Crippen LogP contribution in [0.2, 0.25) is 0 Å². The van der Waals surface area contributed by atoms with Crippen LogP contribution >= 0.6 is 0 Å². The second-order valence-corrected chi connectivity index (χ2v) is 4.44. The van der Waals surface area contributed by atoms with Crippen LogP contribution in [0.5, 0.6) is 0 Å². The molecule has 1 aliphatic heterocycles. The molecule has 1 heterocycles. The van der Waals surface area contributed by atoms with Gasteiger partial charge in [0.05, 0.1) is 11.6 Å². The first kappa shape index (κ1) is 12.3. The Bertz CT molecular complexity index is 541. The third-order valence-electron chi connectivity index (χ3n) is 3.10. The highest BCUT2D eigenvalue weighted by atomic mass is 19.1. The van der Waals surface area contributed by atoms with Crippen molar-refractivity contribution in [3.8, 4) is 6.07 Å². The quantitative estimate of drug-likeness (QED) is 0.804. The lowest BCUT2D eigenvalue weighted by atomic mass is 10.0. The number of rotatable bonds is 2. The van der Waals surface area contributed by atoms with Gasteiger partial charge in [0.1, 0.15) is 11.4 Å². The first-order chi connectivity index (χ1) is 8.44. The maximum atomic E-state index is 13.3. The van der Waals surface area contributed by atoms with E-state index in [0.717, 1.165) is 6.07 Å². The maximum absolute atomic E-state index is 13.3. The lowest BCUT2D eigenvalue weighted by molar-refractivity contribution is -0.142. The van der Waals surface area contributed by atoms with Crippen molar-refractivity contribution < 1.29 is 14.3 Å². The fourth-order valence-electron chi connectivity index (χ4n) is 2.05. The molecule has 1 aromatic rings. The number of aliphatic carboxylic acids is 1. The van der Waals surface area contributed by atoms with Crippen molar-refractivity contribution in [2.75, 3.05) is 18.0 Å². The summed E-state index contributed by atoms with van der Waals surface area (Å²) in [4.78, 5) is 12.7. The third kappa shape index (κ3) is 2.13. The summed E-state index contributed by atoms with van der Waals surface area (Å²) < 4.78 is 13.3. The van der Waals surface area contributed by atoms with Gasteiger partial charge < -0.3 is 15.7 Å². The Morgan fingerprint density at radius 2 is 2.28 bits per heavy atom. The van der Waals surface area contributed by atoms with Crippen LogP contribution in [0, 0.1) is 17.1 Å². The fraction of sp³-hybridized carbons (Fsp3) is 0.333. The average Bonchev–Trinajstić information content (AvgIpc) is 2.72. The van der Waals surface area contributed by atoms with Gasteiger partial charge in [-0.15, -0.1) is 0 Å². The van der Waals surface area contributed by atoms with E-state index in [1.165, 1.54) is 12.1 Å². The van der Waals surface area contributed by atoms with Gasteiger partial charge in [-0.3, -0.25) is 4.79 Å². The normalized spacial score (nSPS) is 22.8. The molecule has 0 saturated carbocycles. The van der Waals surface area contributed by atoms with E-state index in [9.17, 15) is 9.18 Å². The van der Waals surface area contributed by atoms with Gasteiger partial charge in [-0.25, -0.2) is 4.39 Å². The summed E-state index contributed by atoms with van der Waals surface area (Å²) >= 11 is 0. The second-order valence-electron chi connectivity index (χ2n) is 4.44. The van der Waals surface area contributed by atoms with Crippen molar-refractivity contribution in [1.29, 1.82) is 5.26 Å². The lowest BCUT2D eigenvalue weighted by Crippen LogP contribution is -2.50. The van der Waals surface area contributed by atoms with Crippen molar-refractivity contribution in [3.63, 3.8) is 0 Å². The lowest BCUT2D eigenvalue weighted by Gasteiger charge is -2.21. The summed E-state index contributed by atoms with van der Waals surface area (Å²) in [5, 5.41) is 17.8. The molecule has 0 amide bonds. The van der Waals surface area contributed by atoms with E-state index >= 15 is 0 Å². The van der Waals surface area contributed by atoms with E-state index in [4.69, 9.17) is 16.1 Å². The molecule has 1 aromatic carbocycles. The SMILES string of the molecule is N#Cc1cc(F)cc(N2CCC(N)(C(=O)O)C2)c1. The summed E-state index contributed by atoms with van der Waals surface area (Å²) in [6.45, 7) is 0.535. The molecule has 0 radical (unpaired) electrons. The van der Waals surface area contributed by atoms with Crippen LogP contribution in [0.4, 0.5) is 10.1 Å². The van der Waals surface area contributed by atoms with Gasteiger partial charge in [0.15, 0.2) is 0 Å².